The van der Waals surface area contributed by atoms with Crippen LogP contribution in [0.3, 0.4) is 0 Å². The largest absolute Gasteiger partial charge is 0.495 e. The van der Waals surface area contributed by atoms with Gasteiger partial charge in [0, 0.05) is 6.54 Å². The van der Waals surface area contributed by atoms with Crippen molar-refractivity contribution in [2.75, 3.05) is 30.9 Å². The van der Waals surface area contributed by atoms with Crippen LogP contribution in [0.15, 0.2) is 42.5 Å². The Balaban J connectivity index is 1.30. The molecule has 0 spiro atoms. The lowest BCUT2D eigenvalue weighted by Crippen LogP contribution is -2.40. The van der Waals surface area contributed by atoms with Gasteiger partial charge in [0.25, 0.3) is 0 Å². The van der Waals surface area contributed by atoms with Gasteiger partial charge < -0.3 is 30.1 Å². The molecule has 0 aromatic heterocycles. The summed E-state index contributed by atoms with van der Waals surface area (Å²) in [7, 11) is 1.51. The van der Waals surface area contributed by atoms with Gasteiger partial charge in [-0.25, -0.2) is 4.79 Å². The van der Waals surface area contributed by atoms with E-state index in [0.29, 0.717) is 48.1 Å². The van der Waals surface area contributed by atoms with Crippen LogP contribution in [0.5, 0.6) is 5.75 Å². The number of amides is 3. The van der Waals surface area contributed by atoms with Gasteiger partial charge in [0.05, 0.1) is 54.6 Å². The van der Waals surface area contributed by atoms with Gasteiger partial charge in [-0.1, -0.05) is 29.8 Å². The van der Waals surface area contributed by atoms with Crippen molar-refractivity contribution in [3.8, 4) is 5.75 Å². The molecule has 2 aliphatic rings. The van der Waals surface area contributed by atoms with Gasteiger partial charge in [-0.05, 0) is 68.4 Å². The molecular weight excluding hydrogens is 510 g/mol. The van der Waals surface area contributed by atoms with Gasteiger partial charge >= 0.3 is 12.0 Å². The van der Waals surface area contributed by atoms with Crippen LogP contribution in [-0.4, -0.2) is 60.3 Å². The normalized spacial score (nSPS) is 21.1. The zero-order valence-corrected chi connectivity index (χ0v) is 22.2. The fourth-order valence-electron chi connectivity index (χ4n) is 5.12. The van der Waals surface area contributed by atoms with E-state index in [1.165, 1.54) is 7.11 Å². The summed E-state index contributed by atoms with van der Waals surface area (Å²) in [5.74, 6) is -0.528. The molecule has 9 nitrogen and oxygen atoms in total. The van der Waals surface area contributed by atoms with E-state index >= 15 is 0 Å². The smallest absolute Gasteiger partial charge is 0.323 e. The first-order valence-electron chi connectivity index (χ1n) is 13.0. The first-order valence-corrected chi connectivity index (χ1v) is 13.3. The molecule has 0 radical (unpaired) electrons. The van der Waals surface area contributed by atoms with Gasteiger partial charge in [0.2, 0.25) is 5.91 Å². The minimum atomic E-state index is -0.725. The number of benzene rings is 2. The van der Waals surface area contributed by atoms with E-state index < -0.39 is 12.0 Å². The van der Waals surface area contributed by atoms with Crippen LogP contribution >= 0.6 is 11.6 Å². The van der Waals surface area contributed by atoms with Gasteiger partial charge in [-0.15, -0.1) is 0 Å². The highest BCUT2D eigenvalue weighted by Crippen LogP contribution is 2.29. The molecule has 1 aliphatic carbocycles. The molecule has 1 saturated carbocycles. The number of para-hydroxylation sites is 1. The fourth-order valence-corrected chi connectivity index (χ4v) is 5.31. The van der Waals surface area contributed by atoms with Crippen LogP contribution in [-0.2, 0) is 20.7 Å². The van der Waals surface area contributed by atoms with Crippen molar-refractivity contribution in [3.05, 3.63) is 53.1 Å². The Bertz CT molecular complexity index is 1150. The number of nitrogens with zero attached hydrogens (tertiary/aromatic N) is 1. The first kappa shape index (κ1) is 27.7. The topological polar surface area (TPSA) is 117 Å². The molecule has 1 heterocycles. The maximum atomic E-state index is 13.2. The van der Waals surface area contributed by atoms with Gasteiger partial charge in [-0.3, -0.25) is 9.59 Å². The third-order valence-corrected chi connectivity index (χ3v) is 7.57. The molecular formula is C28H34ClN3O6. The second-order valence-electron chi connectivity index (χ2n) is 9.80. The van der Waals surface area contributed by atoms with E-state index in [-0.39, 0.29) is 30.4 Å². The molecule has 1 aliphatic heterocycles. The number of carboxylic acid groups (broad SMARTS) is 1. The highest BCUT2D eigenvalue weighted by molar-refractivity contribution is 6.33. The van der Waals surface area contributed by atoms with Crippen molar-refractivity contribution in [3.63, 3.8) is 0 Å². The quantitative estimate of drug-likeness (QED) is 0.401. The minimum absolute atomic E-state index is 0.0184. The zero-order valence-electron chi connectivity index (χ0n) is 21.5. The third kappa shape index (κ3) is 7.17. The zero-order chi connectivity index (χ0) is 27.1. The number of carbonyl (C=O) groups excluding carboxylic acids is 2. The van der Waals surface area contributed by atoms with Crippen LogP contribution in [0.1, 0.15) is 44.1 Å². The van der Waals surface area contributed by atoms with Crippen molar-refractivity contribution in [2.45, 2.75) is 57.1 Å². The van der Waals surface area contributed by atoms with Crippen molar-refractivity contribution in [1.82, 2.24) is 4.90 Å². The van der Waals surface area contributed by atoms with E-state index in [1.807, 2.05) is 4.90 Å². The van der Waals surface area contributed by atoms with Gasteiger partial charge in [-0.2, -0.15) is 0 Å². The summed E-state index contributed by atoms with van der Waals surface area (Å²) in [5, 5.41) is 15.1. The Hall–Kier alpha value is -3.30. The summed E-state index contributed by atoms with van der Waals surface area (Å²) in [5.41, 5.74) is 1.74. The van der Waals surface area contributed by atoms with Crippen molar-refractivity contribution >= 4 is 40.9 Å². The summed E-state index contributed by atoms with van der Waals surface area (Å²) in [6.07, 6.45) is 4.86. The molecule has 2 aromatic carbocycles. The van der Waals surface area contributed by atoms with Crippen LogP contribution in [0.4, 0.5) is 16.2 Å². The number of hydrogen-bond acceptors (Lipinski definition) is 5. The Morgan fingerprint density at radius 2 is 1.76 bits per heavy atom. The molecule has 10 heteroatoms. The molecule has 3 amide bonds. The monoisotopic (exact) mass is 543 g/mol. The summed E-state index contributed by atoms with van der Waals surface area (Å²) in [6.45, 7) is 1.17. The lowest BCUT2D eigenvalue weighted by Gasteiger charge is -2.30. The lowest BCUT2D eigenvalue weighted by molar-refractivity contribution is -0.144. The van der Waals surface area contributed by atoms with Crippen molar-refractivity contribution in [2.24, 2.45) is 5.92 Å². The average Bonchev–Trinajstić information content (AvgIpc) is 3.39. The van der Waals surface area contributed by atoms with E-state index in [2.05, 4.69) is 10.6 Å². The number of nitrogens with one attached hydrogen (secondary N) is 2. The standard InChI is InChI=1S/C28H34ClN3O6/c1-37-25-15-18(8-13-24(25)31-28(36)30-23-7-3-2-6-22(23)29)16-26(33)32-14-4-5-20(32)17-38-21-11-9-19(10-12-21)27(34)35/h2-3,6-8,13,15,19-21H,4-5,9-12,14,16-17H2,1H3,(H,34,35)(H2,30,31,36)/t19?,20-,21?/m0/s1. The van der Waals surface area contributed by atoms with Gasteiger partial charge in [0.1, 0.15) is 5.75 Å². The lowest BCUT2D eigenvalue weighted by atomic mass is 9.87. The van der Waals surface area contributed by atoms with Crippen LogP contribution in [0.25, 0.3) is 0 Å². The molecule has 0 unspecified atom stereocenters. The Morgan fingerprint density at radius 3 is 2.47 bits per heavy atom. The highest BCUT2D eigenvalue weighted by Gasteiger charge is 2.31. The summed E-state index contributed by atoms with van der Waals surface area (Å²) in [4.78, 5) is 38.7. The molecule has 1 saturated heterocycles. The average molecular weight is 544 g/mol. The SMILES string of the molecule is COc1cc(CC(=O)N2CCC[C@H]2COC2CCC(C(=O)O)CC2)ccc1NC(=O)Nc1ccccc1Cl. The Morgan fingerprint density at radius 1 is 1.03 bits per heavy atom. The number of ether oxygens (including phenoxy) is 2. The number of likely N-dealkylation sites (tertiary alicyclic amines) is 1. The second-order valence-corrected chi connectivity index (χ2v) is 10.2. The maximum Gasteiger partial charge on any atom is 0.323 e. The molecule has 3 N–H and O–H groups in total. The summed E-state index contributed by atoms with van der Waals surface area (Å²) >= 11 is 6.11. The summed E-state index contributed by atoms with van der Waals surface area (Å²) < 4.78 is 11.6. The molecule has 38 heavy (non-hydrogen) atoms. The number of carboxylic acids is 1. The van der Waals surface area contributed by atoms with E-state index in [1.54, 1.807) is 42.5 Å². The van der Waals surface area contributed by atoms with Crippen LogP contribution < -0.4 is 15.4 Å². The van der Waals surface area contributed by atoms with Crippen LogP contribution in [0.2, 0.25) is 5.02 Å². The molecule has 2 aromatic rings. The number of methoxy groups -OCH3 is 1. The number of anilines is 2. The minimum Gasteiger partial charge on any atom is -0.495 e. The van der Waals surface area contributed by atoms with Gasteiger partial charge in [0.15, 0.2) is 0 Å². The highest BCUT2D eigenvalue weighted by atomic mass is 35.5. The molecule has 2 fully saturated rings. The predicted molar refractivity (Wildman–Crippen MR) is 145 cm³/mol. The van der Waals surface area contributed by atoms with E-state index in [0.717, 1.165) is 31.2 Å². The number of aliphatic carboxylic acids is 1. The predicted octanol–water partition coefficient (Wildman–Crippen LogP) is 5.19. The van der Waals surface area contributed by atoms with E-state index in [9.17, 15) is 19.5 Å². The van der Waals surface area contributed by atoms with E-state index in [4.69, 9.17) is 21.1 Å². The second kappa shape index (κ2) is 13.0. The van der Waals surface area contributed by atoms with Crippen LogP contribution in [0, 0.1) is 5.92 Å². The number of rotatable bonds is 9. The molecule has 4 rings (SSSR count). The Kier molecular flexibility index (Phi) is 9.47. The number of hydrogen-bond donors (Lipinski definition) is 3. The fraction of sp³-hybridized carbons (Fsp3) is 0.464. The Labute approximate surface area is 227 Å². The number of carbonyl (C=O) groups is 3. The maximum absolute atomic E-state index is 13.2. The number of urea groups is 1. The first-order chi connectivity index (χ1) is 18.3. The molecule has 1 atom stereocenters. The molecule has 0 bridgehead atoms. The number of halogens is 1. The van der Waals surface area contributed by atoms with Crippen molar-refractivity contribution in [1.29, 1.82) is 0 Å². The third-order valence-electron chi connectivity index (χ3n) is 7.24. The van der Waals surface area contributed by atoms with Crippen molar-refractivity contribution < 1.29 is 29.0 Å². The molecule has 204 valence electrons. The summed E-state index contributed by atoms with van der Waals surface area (Å²) in [6, 6.07) is 11.8.